The summed E-state index contributed by atoms with van der Waals surface area (Å²) in [7, 11) is 0. The number of halogens is 1. The number of phenols is 1. The number of carboxylic acids is 1. The van der Waals surface area contributed by atoms with E-state index in [9.17, 15) is 9.90 Å². The van der Waals surface area contributed by atoms with Crippen LogP contribution in [0.2, 0.25) is 5.02 Å². The minimum absolute atomic E-state index is 0.0512. The van der Waals surface area contributed by atoms with Crippen molar-refractivity contribution in [3.8, 4) is 16.9 Å². The van der Waals surface area contributed by atoms with Gasteiger partial charge in [-0.2, -0.15) is 0 Å². The van der Waals surface area contributed by atoms with Crippen molar-refractivity contribution >= 4 is 17.6 Å². The zero-order valence-corrected chi connectivity index (χ0v) is 11.3. The molecular formula is C15H13ClO3. The summed E-state index contributed by atoms with van der Waals surface area (Å²) in [5, 5.41) is 19.5. The first-order chi connectivity index (χ1) is 8.90. The number of phenolic OH excluding ortho intramolecular Hbond substituents is 1. The smallest absolute Gasteiger partial charge is 0.335 e. The molecule has 0 radical (unpaired) electrons. The highest BCUT2D eigenvalue weighted by atomic mass is 35.5. The second kappa shape index (κ2) is 4.94. The van der Waals surface area contributed by atoms with Gasteiger partial charge in [-0.25, -0.2) is 4.79 Å². The normalized spacial score (nSPS) is 10.5. The van der Waals surface area contributed by atoms with E-state index >= 15 is 0 Å². The molecule has 2 aromatic carbocycles. The molecule has 2 aromatic rings. The average Bonchev–Trinajstić information content (AvgIpc) is 2.34. The van der Waals surface area contributed by atoms with Crippen LogP contribution < -0.4 is 0 Å². The van der Waals surface area contributed by atoms with Crippen LogP contribution >= 0.6 is 11.6 Å². The van der Waals surface area contributed by atoms with Gasteiger partial charge in [0.25, 0.3) is 0 Å². The summed E-state index contributed by atoms with van der Waals surface area (Å²) in [5.74, 6) is -1.12. The van der Waals surface area contributed by atoms with Gasteiger partial charge in [0.15, 0.2) is 0 Å². The summed E-state index contributed by atoms with van der Waals surface area (Å²) in [6.45, 7) is 3.78. The molecular weight excluding hydrogens is 264 g/mol. The molecule has 0 saturated heterocycles. The van der Waals surface area contributed by atoms with Gasteiger partial charge in [0.1, 0.15) is 5.75 Å². The molecule has 0 aliphatic heterocycles. The van der Waals surface area contributed by atoms with E-state index < -0.39 is 5.97 Å². The molecule has 0 saturated carbocycles. The number of aromatic carboxylic acids is 1. The monoisotopic (exact) mass is 276 g/mol. The van der Waals surface area contributed by atoms with Crippen molar-refractivity contribution in [1.29, 1.82) is 0 Å². The van der Waals surface area contributed by atoms with Crippen molar-refractivity contribution in [2.75, 3.05) is 0 Å². The number of aryl methyl sites for hydroxylation is 2. The number of benzene rings is 2. The van der Waals surface area contributed by atoms with E-state index in [1.54, 1.807) is 6.07 Å². The van der Waals surface area contributed by atoms with Crippen molar-refractivity contribution in [3.05, 3.63) is 52.0 Å². The van der Waals surface area contributed by atoms with E-state index in [0.717, 1.165) is 16.7 Å². The molecule has 2 rings (SSSR count). The molecule has 0 aromatic heterocycles. The van der Waals surface area contributed by atoms with Crippen molar-refractivity contribution in [3.63, 3.8) is 0 Å². The Kier molecular flexibility index (Phi) is 3.49. The quantitative estimate of drug-likeness (QED) is 0.871. The Morgan fingerprint density at radius 1 is 1.05 bits per heavy atom. The molecule has 0 atom stereocenters. The maximum absolute atomic E-state index is 10.8. The lowest BCUT2D eigenvalue weighted by Crippen LogP contribution is -1.96. The molecule has 4 heteroatoms. The van der Waals surface area contributed by atoms with Crippen LogP contribution in [0.15, 0.2) is 30.3 Å². The molecule has 0 spiro atoms. The molecule has 19 heavy (non-hydrogen) atoms. The average molecular weight is 277 g/mol. The van der Waals surface area contributed by atoms with Crippen molar-refractivity contribution < 1.29 is 15.0 Å². The maximum atomic E-state index is 10.8. The third-order valence-electron chi connectivity index (χ3n) is 3.04. The molecule has 0 fully saturated rings. The highest BCUT2D eigenvalue weighted by Crippen LogP contribution is 2.34. The predicted octanol–water partition coefficient (Wildman–Crippen LogP) is 4.03. The number of hydrogen-bond acceptors (Lipinski definition) is 2. The van der Waals surface area contributed by atoms with Crippen molar-refractivity contribution in [2.24, 2.45) is 0 Å². The summed E-state index contributed by atoms with van der Waals surface area (Å²) < 4.78 is 0. The highest BCUT2D eigenvalue weighted by molar-refractivity contribution is 6.31. The molecule has 98 valence electrons. The van der Waals surface area contributed by atoms with Gasteiger partial charge in [0.05, 0.1) is 5.56 Å². The number of carbonyl (C=O) groups is 1. The molecule has 2 N–H and O–H groups in total. The van der Waals surface area contributed by atoms with E-state index in [1.807, 2.05) is 26.0 Å². The zero-order chi connectivity index (χ0) is 14.2. The summed E-state index contributed by atoms with van der Waals surface area (Å²) in [6, 6.07) is 8.04. The van der Waals surface area contributed by atoms with Crippen LogP contribution in [0.25, 0.3) is 11.1 Å². The lowest BCUT2D eigenvalue weighted by atomic mass is 9.96. The first kappa shape index (κ1) is 13.4. The molecule has 0 unspecified atom stereocenters. The van der Waals surface area contributed by atoms with E-state index in [1.165, 1.54) is 12.1 Å². The van der Waals surface area contributed by atoms with E-state index in [2.05, 4.69) is 0 Å². The summed E-state index contributed by atoms with van der Waals surface area (Å²) >= 11 is 6.04. The van der Waals surface area contributed by atoms with Crippen LogP contribution in [-0.2, 0) is 0 Å². The Bertz CT molecular complexity index is 663. The van der Waals surface area contributed by atoms with E-state index in [-0.39, 0.29) is 11.3 Å². The summed E-state index contributed by atoms with van der Waals surface area (Å²) in [6.07, 6.45) is 0. The standard InChI is InChI=1S/C15H13ClO3/c1-8-6-13(16)9(2)5-12(8)11-4-3-10(15(18)19)7-14(11)17/h3-7,17H,1-2H3,(H,18,19). The van der Waals surface area contributed by atoms with Crippen LogP contribution in [0.3, 0.4) is 0 Å². The van der Waals surface area contributed by atoms with Gasteiger partial charge in [0.2, 0.25) is 0 Å². The second-order valence-corrected chi connectivity index (χ2v) is 4.86. The Hall–Kier alpha value is -2.00. The van der Waals surface area contributed by atoms with Gasteiger partial charge >= 0.3 is 5.97 Å². The molecule has 0 amide bonds. The molecule has 3 nitrogen and oxygen atoms in total. The van der Waals surface area contributed by atoms with E-state index in [0.29, 0.717) is 10.6 Å². The van der Waals surface area contributed by atoms with Gasteiger partial charge in [-0.15, -0.1) is 0 Å². The van der Waals surface area contributed by atoms with Crippen LogP contribution in [0.5, 0.6) is 5.75 Å². The predicted molar refractivity (Wildman–Crippen MR) is 75.0 cm³/mol. The number of rotatable bonds is 2. The lowest BCUT2D eigenvalue weighted by molar-refractivity contribution is 0.0696. The van der Waals surface area contributed by atoms with Gasteiger partial charge in [-0.1, -0.05) is 11.6 Å². The molecule has 0 aliphatic rings. The van der Waals surface area contributed by atoms with Crippen molar-refractivity contribution in [2.45, 2.75) is 13.8 Å². The van der Waals surface area contributed by atoms with Crippen LogP contribution in [0.1, 0.15) is 21.5 Å². The minimum Gasteiger partial charge on any atom is -0.507 e. The fraction of sp³-hybridized carbons (Fsp3) is 0.133. The van der Waals surface area contributed by atoms with Crippen LogP contribution in [-0.4, -0.2) is 16.2 Å². The van der Waals surface area contributed by atoms with Gasteiger partial charge in [0, 0.05) is 10.6 Å². The van der Waals surface area contributed by atoms with Crippen LogP contribution in [0, 0.1) is 13.8 Å². The first-order valence-corrected chi connectivity index (χ1v) is 6.11. The minimum atomic E-state index is -1.06. The largest absolute Gasteiger partial charge is 0.507 e. The third kappa shape index (κ3) is 2.56. The number of carboxylic acid groups (broad SMARTS) is 1. The fourth-order valence-corrected chi connectivity index (χ4v) is 2.18. The van der Waals surface area contributed by atoms with Crippen LogP contribution in [0.4, 0.5) is 0 Å². The van der Waals surface area contributed by atoms with Crippen molar-refractivity contribution in [1.82, 2.24) is 0 Å². The zero-order valence-electron chi connectivity index (χ0n) is 10.6. The van der Waals surface area contributed by atoms with Gasteiger partial charge < -0.3 is 10.2 Å². The molecule has 0 heterocycles. The third-order valence-corrected chi connectivity index (χ3v) is 3.45. The second-order valence-electron chi connectivity index (χ2n) is 4.45. The van der Waals surface area contributed by atoms with Gasteiger partial charge in [-0.3, -0.25) is 0 Å². The lowest BCUT2D eigenvalue weighted by Gasteiger charge is -2.11. The summed E-state index contributed by atoms with van der Waals surface area (Å²) in [4.78, 5) is 10.8. The van der Waals surface area contributed by atoms with E-state index in [4.69, 9.17) is 16.7 Å². The first-order valence-electron chi connectivity index (χ1n) is 5.73. The molecule has 0 aliphatic carbocycles. The molecule has 0 bridgehead atoms. The SMILES string of the molecule is Cc1cc(-c2ccc(C(=O)O)cc2O)c(C)cc1Cl. The number of hydrogen-bond donors (Lipinski definition) is 2. The Labute approximate surface area is 116 Å². The highest BCUT2D eigenvalue weighted by Gasteiger charge is 2.12. The topological polar surface area (TPSA) is 57.5 Å². The summed E-state index contributed by atoms with van der Waals surface area (Å²) in [5.41, 5.74) is 3.33. The Balaban J connectivity index is 2.59. The Morgan fingerprint density at radius 3 is 2.32 bits per heavy atom. The Morgan fingerprint density at radius 2 is 1.74 bits per heavy atom. The maximum Gasteiger partial charge on any atom is 0.335 e. The van der Waals surface area contributed by atoms with Gasteiger partial charge in [-0.05, 0) is 60.9 Å². The fourth-order valence-electron chi connectivity index (χ4n) is 1.96. The number of aromatic hydroxyl groups is 1.